The van der Waals surface area contributed by atoms with Crippen molar-refractivity contribution < 1.29 is 17.9 Å². The number of hydrogen-bond donors (Lipinski definition) is 1. The Labute approximate surface area is 147 Å². The van der Waals surface area contributed by atoms with E-state index in [2.05, 4.69) is 4.72 Å². The number of rotatable bonds is 7. The molecule has 0 aliphatic carbocycles. The van der Waals surface area contributed by atoms with E-state index >= 15 is 0 Å². The Bertz CT molecular complexity index is 791. The number of nitrogens with one attached hydrogen (secondary N) is 1. The second kappa shape index (κ2) is 7.88. The summed E-state index contributed by atoms with van der Waals surface area (Å²) in [5.41, 5.74) is 0.819. The van der Waals surface area contributed by atoms with Crippen LogP contribution >= 0.6 is 11.6 Å². The van der Waals surface area contributed by atoms with Gasteiger partial charge in [-0.3, -0.25) is 0 Å². The van der Waals surface area contributed by atoms with Crippen LogP contribution in [0, 0.1) is 0 Å². The highest BCUT2D eigenvalue weighted by atomic mass is 35.5. The van der Waals surface area contributed by atoms with Crippen LogP contribution < -0.4 is 14.2 Å². The SMILES string of the molecule is CCOc1ccc(Cl)cc1S(=O)(=O)N[C@H](C)c1ccc(OC)cc1. The van der Waals surface area contributed by atoms with E-state index in [4.69, 9.17) is 21.1 Å². The number of methoxy groups -OCH3 is 1. The monoisotopic (exact) mass is 369 g/mol. The lowest BCUT2D eigenvalue weighted by molar-refractivity contribution is 0.331. The second-order valence-electron chi connectivity index (χ2n) is 5.14. The van der Waals surface area contributed by atoms with Gasteiger partial charge in [0.05, 0.1) is 13.7 Å². The highest BCUT2D eigenvalue weighted by molar-refractivity contribution is 7.89. The first-order valence-corrected chi connectivity index (χ1v) is 9.32. The molecule has 7 heteroatoms. The van der Waals surface area contributed by atoms with Crippen LogP contribution in [0.25, 0.3) is 0 Å². The fourth-order valence-electron chi connectivity index (χ4n) is 2.22. The maximum atomic E-state index is 12.7. The molecule has 0 aliphatic rings. The summed E-state index contributed by atoms with van der Waals surface area (Å²) in [4.78, 5) is 0.0252. The summed E-state index contributed by atoms with van der Waals surface area (Å²) >= 11 is 5.95. The molecule has 2 aromatic carbocycles. The van der Waals surface area contributed by atoms with E-state index in [1.54, 1.807) is 45.2 Å². The van der Waals surface area contributed by atoms with Gasteiger partial charge in [0.1, 0.15) is 16.4 Å². The summed E-state index contributed by atoms with van der Waals surface area (Å²) in [6.07, 6.45) is 0. The van der Waals surface area contributed by atoms with Crippen LogP contribution in [0.15, 0.2) is 47.4 Å². The first-order chi connectivity index (χ1) is 11.4. The van der Waals surface area contributed by atoms with Gasteiger partial charge in [-0.05, 0) is 49.7 Å². The first kappa shape index (κ1) is 18.6. The van der Waals surface area contributed by atoms with Crippen LogP contribution in [0.3, 0.4) is 0 Å². The van der Waals surface area contributed by atoms with Crippen molar-refractivity contribution in [2.24, 2.45) is 0 Å². The Morgan fingerprint density at radius 2 is 1.83 bits per heavy atom. The summed E-state index contributed by atoms with van der Waals surface area (Å²) in [6, 6.07) is 11.3. The Hall–Kier alpha value is -1.76. The zero-order chi connectivity index (χ0) is 17.7. The summed E-state index contributed by atoms with van der Waals surface area (Å²) in [7, 11) is -2.21. The molecule has 0 spiro atoms. The predicted molar refractivity (Wildman–Crippen MR) is 94.4 cm³/mol. The average Bonchev–Trinajstić information content (AvgIpc) is 2.56. The highest BCUT2D eigenvalue weighted by Gasteiger charge is 2.23. The molecule has 0 bridgehead atoms. The van der Waals surface area contributed by atoms with Crippen molar-refractivity contribution in [1.29, 1.82) is 0 Å². The number of ether oxygens (including phenoxy) is 2. The lowest BCUT2D eigenvalue weighted by Gasteiger charge is -2.17. The molecule has 0 saturated carbocycles. The molecule has 130 valence electrons. The molecule has 0 aromatic heterocycles. The van der Waals surface area contributed by atoms with Crippen molar-refractivity contribution in [3.63, 3.8) is 0 Å². The molecular formula is C17H20ClNO4S. The highest BCUT2D eigenvalue weighted by Crippen LogP contribution is 2.29. The van der Waals surface area contributed by atoms with Crippen molar-refractivity contribution >= 4 is 21.6 Å². The van der Waals surface area contributed by atoms with Crippen LogP contribution in [0.4, 0.5) is 0 Å². The van der Waals surface area contributed by atoms with Gasteiger partial charge < -0.3 is 9.47 Å². The van der Waals surface area contributed by atoms with Gasteiger partial charge in [-0.2, -0.15) is 0 Å². The average molecular weight is 370 g/mol. The minimum absolute atomic E-state index is 0.0252. The summed E-state index contributed by atoms with van der Waals surface area (Å²) < 4.78 is 38.6. The van der Waals surface area contributed by atoms with Crippen molar-refractivity contribution in [1.82, 2.24) is 4.72 Å². The number of halogens is 1. The third-order valence-electron chi connectivity index (χ3n) is 3.44. The molecule has 0 radical (unpaired) electrons. The molecule has 0 saturated heterocycles. The molecule has 0 amide bonds. The molecule has 2 aromatic rings. The molecule has 2 rings (SSSR count). The molecule has 24 heavy (non-hydrogen) atoms. The summed E-state index contributed by atoms with van der Waals surface area (Å²) in [5, 5.41) is 0.330. The number of hydrogen-bond acceptors (Lipinski definition) is 4. The smallest absolute Gasteiger partial charge is 0.244 e. The third kappa shape index (κ3) is 4.41. The van der Waals surface area contributed by atoms with Gasteiger partial charge in [-0.1, -0.05) is 23.7 Å². The molecule has 0 aliphatic heterocycles. The Morgan fingerprint density at radius 1 is 1.17 bits per heavy atom. The van der Waals surface area contributed by atoms with Gasteiger partial charge in [0, 0.05) is 11.1 Å². The molecule has 0 unspecified atom stereocenters. The quantitative estimate of drug-likeness (QED) is 0.806. The summed E-state index contributed by atoms with van der Waals surface area (Å²) in [5.74, 6) is 0.985. The van der Waals surface area contributed by atoms with E-state index < -0.39 is 16.1 Å². The van der Waals surface area contributed by atoms with Crippen molar-refractivity contribution in [2.75, 3.05) is 13.7 Å². The van der Waals surface area contributed by atoms with E-state index in [0.29, 0.717) is 17.4 Å². The standard InChI is InChI=1S/C17H20ClNO4S/c1-4-23-16-10-7-14(18)11-17(16)24(20,21)19-12(2)13-5-8-15(22-3)9-6-13/h5-12,19H,4H2,1-3H3/t12-/m1/s1. The second-order valence-corrected chi connectivity index (χ2v) is 7.26. The maximum Gasteiger partial charge on any atom is 0.244 e. The molecular weight excluding hydrogens is 350 g/mol. The largest absolute Gasteiger partial charge is 0.497 e. The predicted octanol–water partition coefficient (Wildman–Crippen LogP) is 3.79. The number of sulfonamides is 1. The minimum Gasteiger partial charge on any atom is -0.497 e. The van der Waals surface area contributed by atoms with Crippen LogP contribution in [0.2, 0.25) is 5.02 Å². The first-order valence-electron chi connectivity index (χ1n) is 7.46. The van der Waals surface area contributed by atoms with Crippen LogP contribution in [0.1, 0.15) is 25.5 Å². The Balaban J connectivity index is 2.28. The lowest BCUT2D eigenvalue weighted by atomic mass is 10.1. The van der Waals surface area contributed by atoms with E-state index in [9.17, 15) is 8.42 Å². The Kier molecular flexibility index (Phi) is 6.10. The molecule has 0 heterocycles. The van der Waals surface area contributed by atoms with E-state index in [-0.39, 0.29) is 10.6 Å². The van der Waals surface area contributed by atoms with E-state index in [0.717, 1.165) is 5.56 Å². The van der Waals surface area contributed by atoms with Gasteiger partial charge in [0.25, 0.3) is 0 Å². The maximum absolute atomic E-state index is 12.7. The van der Waals surface area contributed by atoms with Gasteiger partial charge >= 0.3 is 0 Å². The molecule has 5 nitrogen and oxygen atoms in total. The fourth-order valence-corrected chi connectivity index (χ4v) is 3.86. The molecule has 0 fully saturated rings. The zero-order valence-corrected chi connectivity index (χ0v) is 15.3. The van der Waals surface area contributed by atoms with Crippen LogP contribution in [-0.4, -0.2) is 22.1 Å². The normalized spacial score (nSPS) is 12.7. The van der Waals surface area contributed by atoms with Crippen molar-refractivity contribution in [3.05, 3.63) is 53.1 Å². The van der Waals surface area contributed by atoms with Crippen LogP contribution in [0.5, 0.6) is 11.5 Å². The molecule has 1 atom stereocenters. The fraction of sp³-hybridized carbons (Fsp3) is 0.294. The Morgan fingerprint density at radius 3 is 2.42 bits per heavy atom. The van der Waals surface area contributed by atoms with E-state index in [1.807, 2.05) is 12.1 Å². The molecule has 1 N–H and O–H groups in total. The third-order valence-corrected chi connectivity index (χ3v) is 5.24. The van der Waals surface area contributed by atoms with Crippen LogP contribution in [-0.2, 0) is 10.0 Å². The zero-order valence-electron chi connectivity index (χ0n) is 13.7. The van der Waals surface area contributed by atoms with Gasteiger partial charge in [0.15, 0.2) is 0 Å². The lowest BCUT2D eigenvalue weighted by Crippen LogP contribution is -2.27. The van der Waals surface area contributed by atoms with E-state index in [1.165, 1.54) is 6.07 Å². The van der Waals surface area contributed by atoms with Crippen molar-refractivity contribution in [3.8, 4) is 11.5 Å². The topological polar surface area (TPSA) is 64.6 Å². The van der Waals surface area contributed by atoms with Gasteiger partial charge in [-0.15, -0.1) is 0 Å². The number of benzene rings is 2. The minimum atomic E-state index is -3.79. The van der Waals surface area contributed by atoms with Gasteiger partial charge in [-0.25, -0.2) is 13.1 Å². The summed E-state index contributed by atoms with van der Waals surface area (Å²) in [6.45, 7) is 3.92. The van der Waals surface area contributed by atoms with Gasteiger partial charge in [0.2, 0.25) is 10.0 Å². The van der Waals surface area contributed by atoms with Crippen molar-refractivity contribution in [2.45, 2.75) is 24.8 Å².